The van der Waals surface area contributed by atoms with Gasteiger partial charge in [0.1, 0.15) is 0 Å². The van der Waals surface area contributed by atoms with Crippen LogP contribution >= 0.6 is 11.3 Å². The summed E-state index contributed by atoms with van der Waals surface area (Å²) >= 11 is 1.73. The van der Waals surface area contributed by atoms with Gasteiger partial charge in [-0.15, -0.1) is 17.4 Å². The van der Waals surface area contributed by atoms with E-state index < -0.39 is 0 Å². The van der Waals surface area contributed by atoms with Gasteiger partial charge in [-0.05, 0) is 11.9 Å². The third-order valence-electron chi connectivity index (χ3n) is 1.56. The fourth-order valence-corrected chi connectivity index (χ4v) is 1.88. The van der Waals surface area contributed by atoms with Crippen molar-refractivity contribution in [3.8, 4) is 0 Å². The third-order valence-corrected chi connectivity index (χ3v) is 2.71. The summed E-state index contributed by atoms with van der Waals surface area (Å²) in [6.45, 7) is 6.12. The van der Waals surface area contributed by atoms with Crippen molar-refractivity contribution in [3.63, 3.8) is 0 Å². The molecule has 1 heterocycles. The molecule has 2 aromatic rings. The van der Waals surface area contributed by atoms with Crippen LogP contribution in [0.25, 0.3) is 10.2 Å². The molecule has 1 nitrogen and oxygen atoms in total. The maximum Gasteiger partial charge on any atom is 1.00 e. The number of rotatable bonds is 1. The minimum absolute atomic E-state index is 0. The van der Waals surface area contributed by atoms with Crippen LogP contribution < -0.4 is 58.2 Å². The molecule has 0 fully saturated rings. The maximum atomic E-state index is 4.42. The van der Waals surface area contributed by atoms with Crippen LogP contribution in [0, 0.1) is 6.07 Å². The molecule has 0 atom stereocenters. The van der Waals surface area contributed by atoms with Crippen LogP contribution in [0.4, 0.5) is 0 Å². The molecule has 1 aromatic heterocycles. The van der Waals surface area contributed by atoms with E-state index in [-0.39, 0.29) is 58.2 Å². The molecular weight excluding hydrogens is 264 g/mol. The van der Waals surface area contributed by atoms with Gasteiger partial charge < -0.3 is 4.98 Å². The summed E-state index contributed by atoms with van der Waals surface area (Å²) in [6, 6.07) is 9.09. The normalized spacial score (nSPS) is 8.79. The van der Waals surface area contributed by atoms with Crippen molar-refractivity contribution < 1.29 is 58.2 Å². The summed E-state index contributed by atoms with van der Waals surface area (Å²) < 4.78 is 1.17. The van der Waals surface area contributed by atoms with Crippen LogP contribution in [-0.2, 0) is 6.42 Å². The van der Waals surface area contributed by atoms with E-state index in [9.17, 15) is 0 Å². The van der Waals surface area contributed by atoms with Crippen molar-refractivity contribution in [1.29, 1.82) is 0 Å². The van der Waals surface area contributed by atoms with Gasteiger partial charge in [-0.25, -0.2) is 0 Å². The molecule has 0 N–H and O–H groups in total. The number of fused-ring (bicyclic) bond motifs is 1. The topological polar surface area (TPSA) is 12.9 Å². The molecular formula is C11H14NRbS. The van der Waals surface area contributed by atoms with Crippen LogP contribution in [0.3, 0.4) is 0 Å². The number of aromatic nitrogens is 1. The molecule has 0 aliphatic carbocycles. The SMILES string of the molecule is CC.CCc1nc2ccc[c-]c2s1.[Rb+]. The summed E-state index contributed by atoms with van der Waals surface area (Å²) in [5.74, 6) is 0. The molecule has 0 radical (unpaired) electrons. The zero-order valence-electron chi connectivity index (χ0n) is 9.29. The molecule has 2 rings (SSSR count). The van der Waals surface area contributed by atoms with Gasteiger partial charge in [0.25, 0.3) is 0 Å². The van der Waals surface area contributed by atoms with E-state index in [1.54, 1.807) is 11.3 Å². The quantitative estimate of drug-likeness (QED) is 0.699. The Kier molecular flexibility index (Phi) is 8.64. The van der Waals surface area contributed by atoms with Crippen LogP contribution in [-0.4, -0.2) is 4.98 Å². The zero-order chi connectivity index (χ0) is 9.68. The Balaban J connectivity index is 0.000000531. The summed E-state index contributed by atoms with van der Waals surface area (Å²) in [5, 5.41) is 1.20. The Morgan fingerprint density at radius 2 is 2.14 bits per heavy atom. The summed E-state index contributed by atoms with van der Waals surface area (Å²) in [5.41, 5.74) is 1.08. The molecule has 0 saturated heterocycles. The zero-order valence-corrected chi connectivity index (χ0v) is 15.0. The third kappa shape index (κ3) is 3.82. The fraction of sp³-hybridized carbons (Fsp3) is 0.364. The van der Waals surface area contributed by atoms with Crippen LogP contribution in [0.1, 0.15) is 25.8 Å². The molecule has 0 aliphatic rings. The fourth-order valence-electron chi connectivity index (χ4n) is 1.01. The Labute approximate surface area is 139 Å². The van der Waals surface area contributed by atoms with Gasteiger partial charge in [0.05, 0.1) is 5.01 Å². The Bertz CT molecular complexity index is 337. The molecule has 0 aliphatic heterocycles. The summed E-state index contributed by atoms with van der Waals surface area (Å²) in [7, 11) is 0. The van der Waals surface area contributed by atoms with Gasteiger partial charge in [0, 0.05) is 0 Å². The summed E-state index contributed by atoms with van der Waals surface area (Å²) in [6.07, 6.45) is 1.02. The number of thiazole rings is 1. The minimum atomic E-state index is 0. The maximum absolute atomic E-state index is 4.42. The first-order valence-electron chi connectivity index (χ1n) is 4.66. The Hall–Kier alpha value is 0.915. The molecule has 0 saturated carbocycles. The predicted octanol–water partition coefficient (Wildman–Crippen LogP) is 0.689. The molecule has 1 aromatic carbocycles. The predicted molar refractivity (Wildman–Crippen MR) is 59.2 cm³/mol. The first-order valence-corrected chi connectivity index (χ1v) is 5.48. The molecule has 70 valence electrons. The van der Waals surface area contributed by atoms with Crippen molar-refractivity contribution in [1.82, 2.24) is 4.98 Å². The minimum Gasteiger partial charge on any atom is -0.306 e. The average Bonchev–Trinajstić information content (AvgIpc) is 2.63. The molecule has 0 amide bonds. The second-order valence-electron chi connectivity index (χ2n) is 2.35. The second kappa shape index (κ2) is 8.11. The van der Waals surface area contributed by atoms with E-state index in [0.29, 0.717) is 0 Å². The van der Waals surface area contributed by atoms with Gasteiger partial charge in [0.15, 0.2) is 0 Å². The van der Waals surface area contributed by atoms with E-state index in [1.807, 2.05) is 32.0 Å². The van der Waals surface area contributed by atoms with Crippen molar-refractivity contribution in [2.75, 3.05) is 0 Å². The molecule has 0 spiro atoms. The molecule has 0 bridgehead atoms. The smallest absolute Gasteiger partial charge is 0.306 e. The molecule has 0 unspecified atom stereocenters. The van der Waals surface area contributed by atoms with E-state index >= 15 is 0 Å². The Morgan fingerprint density at radius 1 is 1.43 bits per heavy atom. The van der Waals surface area contributed by atoms with Crippen molar-refractivity contribution >= 4 is 21.6 Å². The monoisotopic (exact) mass is 277 g/mol. The number of aryl methyl sites for hydroxylation is 1. The number of nitrogens with zero attached hydrogens (tertiary/aromatic N) is 1. The van der Waals surface area contributed by atoms with E-state index in [1.165, 1.54) is 9.71 Å². The number of hydrogen-bond acceptors (Lipinski definition) is 2. The van der Waals surface area contributed by atoms with Crippen molar-refractivity contribution in [2.45, 2.75) is 27.2 Å². The van der Waals surface area contributed by atoms with Gasteiger partial charge in [-0.3, -0.25) is 0 Å². The summed E-state index contributed by atoms with van der Waals surface area (Å²) in [4.78, 5) is 4.42. The van der Waals surface area contributed by atoms with Gasteiger partial charge in [-0.2, -0.15) is 18.2 Å². The largest absolute Gasteiger partial charge is 1.00 e. The standard InChI is InChI=1S/C9H8NS.C2H6.Rb/c1-2-9-10-7-5-3-4-6-8(7)11-9;1-2;/h3-5H,2H2,1H3;1-2H3;/q-1;;+1. The average molecular weight is 278 g/mol. The van der Waals surface area contributed by atoms with Crippen LogP contribution in [0.2, 0.25) is 0 Å². The number of hydrogen-bond donors (Lipinski definition) is 0. The van der Waals surface area contributed by atoms with Gasteiger partial charge in [-0.1, -0.05) is 25.5 Å². The number of benzene rings is 1. The van der Waals surface area contributed by atoms with Gasteiger partial charge >= 0.3 is 58.2 Å². The first kappa shape index (κ1) is 14.9. The van der Waals surface area contributed by atoms with E-state index in [4.69, 9.17) is 0 Å². The first-order chi connectivity index (χ1) is 6.40. The van der Waals surface area contributed by atoms with Crippen molar-refractivity contribution in [2.24, 2.45) is 0 Å². The van der Waals surface area contributed by atoms with Crippen molar-refractivity contribution in [3.05, 3.63) is 29.3 Å². The second-order valence-corrected chi connectivity index (χ2v) is 3.43. The van der Waals surface area contributed by atoms with E-state index in [0.717, 1.165) is 11.9 Å². The van der Waals surface area contributed by atoms with Crippen LogP contribution in [0.5, 0.6) is 0 Å². The van der Waals surface area contributed by atoms with Crippen LogP contribution in [0.15, 0.2) is 18.2 Å². The Morgan fingerprint density at radius 3 is 2.71 bits per heavy atom. The molecule has 3 heteroatoms. The van der Waals surface area contributed by atoms with E-state index in [2.05, 4.69) is 18.0 Å². The molecule has 14 heavy (non-hydrogen) atoms. The van der Waals surface area contributed by atoms with Gasteiger partial charge in [0.2, 0.25) is 0 Å².